The number of nitrogens with zero attached hydrogens (tertiary/aromatic N) is 4. The van der Waals surface area contributed by atoms with E-state index in [1.54, 1.807) is 0 Å². The zero-order valence-corrected chi connectivity index (χ0v) is 43.9. The number of nitrogens with one attached hydrogen (secondary N) is 8. The van der Waals surface area contributed by atoms with Crippen LogP contribution in [0.1, 0.15) is 44.5 Å². The summed E-state index contributed by atoms with van der Waals surface area (Å²) in [5.41, 5.74) is 8.83. The van der Waals surface area contributed by atoms with E-state index in [-0.39, 0.29) is 0 Å². The van der Waals surface area contributed by atoms with Crippen molar-refractivity contribution < 1.29 is 0 Å². The molecule has 8 N–H and O–H groups in total. The van der Waals surface area contributed by atoms with Crippen LogP contribution in [-0.4, -0.2) is 0 Å². The van der Waals surface area contributed by atoms with Gasteiger partial charge in [0.2, 0.25) is 30.0 Å². The third kappa shape index (κ3) is 15.2. The Morgan fingerprint density at radius 1 is 0.181 bits per heavy atom. The molecule has 0 radical (unpaired) electrons. The second kappa shape index (κ2) is 25.8. The minimum absolute atomic E-state index is 0.483. The van der Waals surface area contributed by atoms with Gasteiger partial charge < -0.3 is 0 Å². The molecule has 8 aromatic carbocycles. The van der Waals surface area contributed by atoms with E-state index in [4.69, 9.17) is 18.1 Å². The molecule has 0 aromatic heterocycles. The lowest BCUT2D eigenvalue weighted by Crippen LogP contribution is -2.30. The first-order valence-corrected chi connectivity index (χ1v) is 31.1. The average molecular weight is 1030 g/mol. The Hall–Kier alpha value is -5.64. The lowest BCUT2D eigenvalue weighted by molar-refractivity contribution is 0.842. The molecule has 368 valence electrons. The van der Waals surface area contributed by atoms with Crippen molar-refractivity contribution in [2.24, 2.45) is 18.1 Å². The summed E-state index contributed by atoms with van der Waals surface area (Å²) in [5.74, 6) is 0. The molecule has 0 aliphatic carbocycles. The zero-order valence-electron chi connectivity index (χ0n) is 40.3. The number of rotatable bonds is 24. The molecule has 0 spiro atoms. The van der Waals surface area contributed by atoms with E-state index in [1.807, 2.05) is 48.5 Å². The number of hydrogen-bond donors (Lipinski definition) is 8. The fraction of sp³-hybridized carbons (Fsp3) is 0.143. The van der Waals surface area contributed by atoms with Crippen LogP contribution in [-0.2, 0) is 52.4 Å². The van der Waals surface area contributed by atoms with Gasteiger partial charge in [-0.3, -0.25) is 0 Å². The Kier molecular flexibility index (Phi) is 18.4. The highest BCUT2D eigenvalue weighted by molar-refractivity contribution is 7.83. The van der Waals surface area contributed by atoms with Crippen molar-refractivity contribution in [3.8, 4) is 0 Å². The predicted octanol–water partition coefficient (Wildman–Crippen LogP) is 14.1. The standard InChI is InChI=1S/C56H64N12P4/c1-9-25-49(26-10-1)41-57-69(58-42-50-27-11-2-12-28-50)65-70(59-43-51-29-13-3-14-30-51,60-44-52-31-15-4-16-32-52)67-72(63-47-55-37-21-7-22-38-55,64-48-56-39-23-8-24-40-56)68-71(66-69,61-45-53-33-17-5-18-34-53)62-46-54-35-19-6-20-36-54/h1-40,57-64H,41-48H2. The second-order valence-electron chi connectivity index (χ2n) is 17.3. The molecule has 0 bridgehead atoms. The van der Waals surface area contributed by atoms with E-state index < -0.39 is 30.0 Å². The van der Waals surface area contributed by atoms with Gasteiger partial charge in [-0.25, -0.2) is 40.7 Å². The van der Waals surface area contributed by atoms with Gasteiger partial charge in [-0.1, -0.05) is 243 Å². The quantitative estimate of drug-likeness (QED) is 0.0279. The first-order valence-electron chi connectivity index (χ1n) is 24.3. The molecule has 1 aliphatic rings. The Morgan fingerprint density at radius 3 is 0.403 bits per heavy atom. The Balaban J connectivity index is 1.36. The van der Waals surface area contributed by atoms with Crippen LogP contribution in [0.15, 0.2) is 261 Å². The maximum Gasteiger partial charge on any atom is 0.216 e. The Labute approximate surface area is 426 Å². The van der Waals surface area contributed by atoms with Crippen molar-refractivity contribution in [3.05, 3.63) is 287 Å². The largest absolute Gasteiger partial charge is 0.249 e. The number of hydrogen-bond acceptors (Lipinski definition) is 12. The molecule has 1 aliphatic heterocycles. The maximum atomic E-state index is 6.25. The van der Waals surface area contributed by atoms with Gasteiger partial charge in [0.05, 0.1) is 0 Å². The summed E-state index contributed by atoms with van der Waals surface area (Å²) in [6.45, 7) is 3.86. The van der Waals surface area contributed by atoms with E-state index >= 15 is 0 Å². The molecule has 72 heavy (non-hydrogen) atoms. The van der Waals surface area contributed by atoms with Crippen LogP contribution < -0.4 is 40.7 Å². The summed E-state index contributed by atoms with van der Waals surface area (Å²) < 4.78 is 25.0. The number of benzene rings is 8. The Bertz CT molecular complexity index is 2480. The fourth-order valence-corrected chi connectivity index (χ4v) is 23.5. The molecule has 12 nitrogen and oxygen atoms in total. The summed E-state index contributed by atoms with van der Waals surface area (Å²) >= 11 is 0. The van der Waals surface area contributed by atoms with Crippen LogP contribution in [0, 0.1) is 0 Å². The van der Waals surface area contributed by atoms with Crippen molar-refractivity contribution in [1.82, 2.24) is 40.7 Å². The molecule has 0 fully saturated rings. The first-order chi connectivity index (χ1) is 35.5. The first kappa shape index (κ1) is 51.3. The van der Waals surface area contributed by atoms with Gasteiger partial charge in [0, 0.05) is 52.4 Å². The van der Waals surface area contributed by atoms with E-state index in [1.165, 1.54) is 0 Å². The lowest BCUT2D eigenvalue weighted by Gasteiger charge is -2.38. The van der Waals surface area contributed by atoms with Crippen molar-refractivity contribution >= 4 is 30.0 Å². The minimum Gasteiger partial charge on any atom is -0.249 e. The third-order valence-corrected chi connectivity index (χ3v) is 24.9. The van der Waals surface area contributed by atoms with Crippen LogP contribution >= 0.6 is 30.0 Å². The molecule has 16 heteroatoms. The molecule has 0 atom stereocenters. The van der Waals surface area contributed by atoms with Crippen molar-refractivity contribution in [2.45, 2.75) is 52.4 Å². The lowest BCUT2D eigenvalue weighted by atomic mass is 10.2. The Morgan fingerprint density at radius 2 is 0.292 bits per heavy atom. The monoisotopic (exact) mass is 1030 g/mol. The van der Waals surface area contributed by atoms with E-state index in [0.29, 0.717) is 52.4 Å². The summed E-state index contributed by atoms with van der Waals surface area (Å²) in [4.78, 5) is 0. The van der Waals surface area contributed by atoms with Gasteiger partial charge >= 0.3 is 0 Å². The molecule has 1 heterocycles. The normalized spacial score (nSPS) is 15.3. The van der Waals surface area contributed by atoms with E-state index in [9.17, 15) is 0 Å². The summed E-state index contributed by atoms with van der Waals surface area (Å²) in [5, 5.41) is 32.4. The van der Waals surface area contributed by atoms with Gasteiger partial charge in [0.1, 0.15) is 0 Å². The summed E-state index contributed by atoms with van der Waals surface area (Å²) in [6, 6.07) is 83.9. The molecular weight excluding hydrogens is 965 g/mol. The molecular formula is C56H64N12P4. The van der Waals surface area contributed by atoms with Gasteiger partial charge in [-0.15, -0.1) is 0 Å². The minimum atomic E-state index is -3.36. The average Bonchev–Trinajstić information content (AvgIpc) is 3.45. The summed E-state index contributed by atoms with van der Waals surface area (Å²) in [7, 11) is -13.4. The third-order valence-electron chi connectivity index (χ3n) is 11.8. The SMILES string of the molecule is c1ccc(CNP2(NCc3ccccc3)=NP(NCc3ccccc3)(NCc3ccccc3)=NP(NCc3ccccc3)(NCc3ccccc3)=NP(NCc3ccccc3)(NCc3ccccc3)=N2)cc1. The van der Waals surface area contributed by atoms with Crippen LogP contribution in [0.25, 0.3) is 0 Å². The zero-order chi connectivity index (χ0) is 49.0. The van der Waals surface area contributed by atoms with Gasteiger partial charge in [-0.2, -0.15) is 18.1 Å². The van der Waals surface area contributed by atoms with Crippen molar-refractivity contribution in [2.75, 3.05) is 0 Å². The topological polar surface area (TPSA) is 146 Å². The molecule has 9 rings (SSSR count). The van der Waals surface area contributed by atoms with Crippen LogP contribution in [0.4, 0.5) is 0 Å². The highest BCUT2D eigenvalue weighted by Crippen LogP contribution is 2.71. The van der Waals surface area contributed by atoms with Gasteiger partial charge in [0.15, 0.2) is 0 Å². The molecule has 0 saturated heterocycles. The van der Waals surface area contributed by atoms with Crippen LogP contribution in [0.5, 0.6) is 0 Å². The highest BCUT2D eigenvalue weighted by Gasteiger charge is 2.38. The van der Waals surface area contributed by atoms with Crippen LogP contribution in [0.3, 0.4) is 0 Å². The van der Waals surface area contributed by atoms with Crippen molar-refractivity contribution in [1.29, 1.82) is 0 Å². The molecule has 0 saturated carbocycles. The van der Waals surface area contributed by atoms with E-state index in [2.05, 4.69) is 235 Å². The molecule has 8 aromatic rings. The smallest absolute Gasteiger partial charge is 0.216 e. The predicted molar refractivity (Wildman–Crippen MR) is 304 cm³/mol. The highest BCUT2D eigenvalue weighted by atomic mass is 31.3. The van der Waals surface area contributed by atoms with Crippen LogP contribution in [0.2, 0.25) is 0 Å². The van der Waals surface area contributed by atoms with Gasteiger partial charge in [0.25, 0.3) is 0 Å². The maximum absolute atomic E-state index is 6.25. The molecule has 0 unspecified atom stereocenters. The second-order valence-corrected chi connectivity index (χ2v) is 27.5. The molecule has 0 amide bonds. The summed E-state index contributed by atoms with van der Waals surface area (Å²) in [6.07, 6.45) is 0. The fourth-order valence-electron chi connectivity index (χ4n) is 7.93. The van der Waals surface area contributed by atoms with E-state index in [0.717, 1.165) is 44.5 Å². The van der Waals surface area contributed by atoms with Gasteiger partial charge in [-0.05, 0) is 44.5 Å². The van der Waals surface area contributed by atoms with Crippen molar-refractivity contribution in [3.63, 3.8) is 0 Å².